The summed E-state index contributed by atoms with van der Waals surface area (Å²) in [4.78, 5) is 5.52. The Labute approximate surface area is 197 Å². The molecule has 2 aromatic heterocycles. The summed E-state index contributed by atoms with van der Waals surface area (Å²) in [5.41, 5.74) is 10.0. The third kappa shape index (κ3) is 4.25. The zero-order valence-corrected chi connectivity index (χ0v) is 19.2. The van der Waals surface area contributed by atoms with Crippen molar-refractivity contribution in [3.8, 4) is 11.3 Å². The van der Waals surface area contributed by atoms with Gasteiger partial charge in [0, 0.05) is 23.3 Å². The van der Waals surface area contributed by atoms with Gasteiger partial charge in [0.2, 0.25) is 0 Å². The quantitative estimate of drug-likeness (QED) is 0.250. The van der Waals surface area contributed by atoms with Crippen molar-refractivity contribution in [1.82, 2.24) is 14.4 Å². The van der Waals surface area contributed by atoms with Crippen LogP contribution in [0.4, 0.5) is 0 Å². The second-order valence-electron chi connectivity index (χ2n) is 6.50. The first kappa shape index (κ1) is 21.3. The highest BCUT2D eigenvalue weighted by Crippen LogP contribution is 2.33. The lowest BCUT2D eigenvalue weighted by Gasteiger charge is -2.16. The van der Waals surface area contributed by atoms with Gasteiger partial charge in [-0.05, 0) is 29.8 Å². The third-order valence-electron chi connectivity index (χ3n) is 4.38. The maximum Gasteiger partial charge on any atom is 0.194 e. The summed E-state index contributed by atoms with van der Waals surface area (Å²) >= 11 is 25.8. The van der Waals surface area contributed by atoms with Crippen LogP contribution in [0.25, 0.3) is 21.9 Å². The lowest BCUT2D eigenvalue weighted by atomic mass is 10.1. The highest BCUT2D eigenvalue weighted by atomic mass is 35.5. The first-order valence-corrected chi connectivity index (χ1v) is 11.1. The number of aromatic nitrogens is 2. The number of benzene rings is 2. The second kappa shape index (κ2) is 8.67. The molecular weight excluding hydrogens is 484 g/mol. The number of imidazole rings is 1. The van der Waals surface area contributed by atoms with Crippen LogP contribution >= 0.6 is 57.7 Å². The van der Waals surface area contributed by atoms with Crippen LogP contribution in [0.1, 0.15) is 11.3 Å². The van der Waals surface area contributed by atoms with E-state index < -0.39 is 0 Å². The van der Waals surface area contributed by atoms with E-state index in [1.807, 2.05) is 28.1 Å². The number of thiazole rings is 1. The second-order valence-corrected chi connectivity index (χ2v) is 9.00. The van der Waals surface area contributed by atoms with Gasteiger partial charge in [-0.25, -0.2) is 10.8 Å². The fraction of sp³-hybridized carbons (Fsp3) is 0.0500. The lowest BCUT2D eigenvalue weighted by Crippen LogP contribution is -2.26. The van der Waals surface area contributed by atoms with Crippen molar-refractivity contribution in [3.05, 3.63) is 85.5 Å². The maximum atomic E-state index is 6.46. The molecule has 4 aromatic rings. The third-order valence-corrected chi connectivity index (χ3v) is 6.62. The maximum absolute atomic E-state index is 6.46. The molecule has 0 fully saturated rings. The molecule has 154 valence electrons. The van der Waals surface area contributed by atoms with Crippen molar-refractivity contribution in [3.63, 3.8) is 0 Å². The summed E-state index contributed by atoms with van der Waals surface area (Å²) in [6.45, 7) is 0.394. The number of halogens is 4. The molecule has 5 nitrogen and oxygen atoms in total. The van der Waals surface area contributed by atoms with E-state index in [-0.39, 0.29) is 0 Å². The Kier molecular flexibility index (Phi) is 6.16. The normalized spacial score (nSPS) is 12.0. The minimum atomic E-state index is 0.394. The van der Waals surface area contributed by atoms with Crippen LogP contribution in [0.3, 0.4) is 0 Å². The molecule has 0 spiro atoms. The van der Waals surface area contributed by atoms with Gasteiger partial charge in [0.1, 0.15) is 0 Å². The van der Waals surface area contributed by atoms with Gasteiger partial charge < -0.3 is 10.7 Å². The molecule has 0 bridgehead atoms. The van der Waals surface area contributed by atoms with Crippen LogP contribution in [0, 0.1) is 0 Å². The van der Waals surface area contributed by atoms with E-state index in [0.717, 1.165) is 16.1 Å². The Bertz CT molecular complexity index is 1260. The Morgan fingerprint density at radius 3 is 2.43 bits per heavy atom. The zero-order valence-electron chi connectivity index (χ0n) is 15.3. The molecule has 2 heterocycles. The van der Waals surface area contributed by atoms with E-state index in [2.05, 4.69) is 0 Å². The number of hydrogen-bond acceptors (Lipinski definition) is 5. The molecule has 0 aliphatic carbocycles. The average Bonchev–Trinajstić information content (AvgIpc) is 3.27. The highest BCUT2D eigenvalue weighted by Gasteiger charge is 2.18. The minimum absolute atomic E-state index is 0.394. The molecule has 0 aliphatic heterocycles. The van der Waals surface area contributed by atoms with Crippen LogP contribution in [-0.4, -0.2) is 14.4 Å². The van der Waals surface area contributed by atoms with Crippen LogP contribution < -0.4 is 11.6 Å². The zero-order chi connectivity index (χ0) is 21.4. The van der Waals surface area contributed by atoms with Crippen LogP contribution in [0.2, 0.25) is 20.1 Å². The molecule has 0 saturated carbocycles. The largest absolute Gasteiger partial charge is 0.396 e. The molecule has 0 radical (unpaired) electrons. The molecule has 0 atom stereocenters. The van der Waals surface area contributed by atoms with Crippen LogP contribution in [0.5, 0.6) is 0 Å². The van der Waals surface area contributed by atoms with E-state index in [4.69, 9.17) is 63.0 Å². The van der Waals surface area contributed by atoms with Gasteiger partial charge in [-0.3, -0.25) is 4.40 Å². The fourth-order valence-electron chi connectivity index (χ4n) is 3.04. The Morgan fingerprint density at radius 2 is 1.73 bits per heavy atom. The molecular formula is C20H15Cl4N5S. The summed E-state index contributed by atoms with van der Waals surface area (Å²) in [5.74, 6) is 6.19. The molecule has 30 heavy (non-hydrogen) atoms. The van der Waals surface area contributed by atoms with Crippen LogP contribution in [0.15, 0.2) is 54.2 Å². The number of hydrogen-bond donors (Lipinski definition) is 2. The van der Waals surface area contributed by atoms with Gasteiger partial charge in [0.25, 0.3) is 0 Å². The summed E-state index contributed by atoms with van der Waals surface area (Å²) in [6.07, 6.45) is 3.56. The van der Waals surface area contributed by atoms with Crippen molar-refractivity contribution in [2.75, 3.05) is 0 Å². The van der Waals surface area contributed by atoms with E-state index in [1.165, 1.54) is 16.3 Å². The SMILES string of the molecule is N/C(=C\N(N)Cc1ccc(Cl)c(Cl)c1)c1c(-c2ccc(Cl)c(Cl)c2)nc2sccn12. The fourth-order valence-corrected chi connectivity index (χ4v) is 4.37. The molecule has 0 saturated heterocycles. The van der Waals surface area contributed by atoms with Crippen molar-refractivity contribution >= 4 is 68.4 Å². The predicted octanol–water partition coefficient (Wildman–Crippen LogP) is 6.31. The number of rotatable bonds is 5. The Hall–Kier alpha value is -1.93. The first-order valence-electron chi connectivity index (χ1n) is 8.67. The van der Waals surface area contributed by atoms with Gasteiger partial charge in [0.05, 0.1) is 43.7 Å². The van der Waals surface area contributed by atoms with E-state index in [0.29, 0.717) is 43.7 Å². The topological polar surface area (TPSA) is 72.6 Å². The number of nitrogens with two attached hydrogens (primary N) is 2. The van der Waals surface area contributed by atoms with Crippen molar-refractivity contribution < 1.29 is 0 Å². The Balaban J connectivity index is 1.71. The number of hydrazine groups is 1. The summed E-state index contributed by atoms with van der Waals surface area (Å²) in [6, 6.07) is 10.7. The molecule has 0 unspecified atom stereocenters. The molecule has 2 aromatic carbocycles. The smallest absolute Gasteiger partial charge is 0.194 e. The Morgan fingerprint density at radius 1 is 1.03 bits per heavy atom. The van der Waals surface area contributed by atoms with Gasteiger partial charge >= 0.3 is 0 Å². The van der Waals surface area contributed by atoms with Gasteiger partial charge in [-0.1, -0.05) is 58.5 Å². The molecule has 10 heteroatoms. The monoisotopic (exact) mass is 497 g/mol. The van der Waals surface area contributed by atoms with Crippen LogP contribution in [-0.2, 0) is 6.54 Å². The van der Waals surface area contributed by atoms with Gasteiger partial charge in [0.15, 0.2) is 4.96 Å². The lowest BCUT2D eigenvalue weighted by molar-refractivity contribution is 0.388. The van der Waals surface area contributed by atoms with Gasteiger partial charge in [-0.15, -0.1) is 11.3 Å². The summed E-state index contributed by atoms with van der Waals surface area (Å²) in [7, 11) is 0. The van der Waals surface area contributed by atoms with E-state index in [1.54, 1.807) is 30.5 Å². The number of nitrogens with zero attached hydrogens (tertiary/aromatic N) is 3. The summed E-state index contributed by atoms with van der Waals surface area (Å²) < 4.78 is 1.92. The number of fused-ring (bicyclic) bond motifs is 1. The molecule has 0 aliphatic rings. The van der Waals surface area contributed by atoms with E-state index in [9.17, 15) is 0 Å². The predicted molar refractivity (Wildman–Crippen MR) is 127 cm³/mol. The van der Waals surface area contributed by atoms with Crippen molar-refractivity contribution in [2.24, 2.45) is 11.6 Å². The molecule has 4 rings (SSSR count). The molecule has 0 amide bonds. The minimum Gasteiger partial charge on any atom is -0.396 e. The highest BCUT2D eigenvalue weighted by molar-refractivity contribution is 7.15. The standard InChI is InChI=1S/C20H15Cl4N5S/c21-13-3-1-11(7-15(13)23)9-28(26)10-17(25)19-18(27-20-29(19)5-6-30-20)12-2-4-14(22)16(24)8-12/h1-8,10H,9,25-26H2/b17-10-. The van der Waals surface area contributed by atoms with Crippen molar-refractivity contribution in [1.29, 1.82) is 0 Å². The van der Waals surface area contributed by atoms with Gasteiger partial charge in [-0.2, -0.15) is 0 Å². The van der Waals surface area contributed by atoms with E-state index >= 15 is 0 Å². The average molecular weight is 499 g/mol. The summed E-state index contributed by atoms with van der Waals surface area (Å²) in [5, 5.41) is 5.30. The first-order chi connectivity index (χ1) is 14.3. The molecule has 4 N–H and O–H groups in total. The van der Waals surface area contributed by atoms with Crippen molar-refractivity contribution in [2.45, 2.75) is 6.54 Å².